The molecule has 0 saturated carbocycles. The van der Waals surface area contributed by atoms with Gasteiger partial charge in [-0.25, -0.2) is 0 Å². The summed E-state index contributed by atoms with van der Waals surface area (Å²) in [5.41, 5.74) is 12.2. The third-order valence-electron chi connectivity index (χ3n) is 6.22. The maximum atomic E-state index is 4.93. The van der Waals surface area contributed by atoms with Crippen LogP contribution in [0.25, 0.3) is 12.2 Å². The molecule has 0 radical (unpaired) electrons. The van der Waals surface area contributed by atoms with Crippen molar-refractivity contribution >= 4 is 29.2 Å². The topological polar surface area (TPSA) is 0 Å². The third-order valence-corrected chi connectivity index (χ3v) is 6.22. The number of hydrogen-bond donors (Lipinski definition) is 0. The Bertz CT molecular complexity index is 920. The molecule has 0 unspecified atom stereocenters. The van der Waals surface area contributed by atoms with Gasteiger partial charge in [-0.1, -0.05) is 108 Å². The number of benzene rings is 2. The molecule has 0 aliphatic heterocycles. The van der Waals surface area contributed by atoms with Crippen LogP contribution in [-0.4, -0.2) is 0 Å². The number of allylic oxidation sites excluding steroid dienone is 2. The fraction of sp³-hybridized carbons (Fsp3) is 0.393. The second-order valence-electron chi connectivity index (χ2n) is 10.5. The van der Waals surface area contributed by atoms with E-state index in [2.05, 4.69) is 96.5 Å². The van der Waals surface area contributed by atoms with Gasteiger partial charge in [-0.05, 0) is 33.9 Å². The summed E-state index contributed by atoms with van der Waals surface area (Å²) in [6, 6.07) is 9.40. The van der Waals surface area contributed by atoms with Crippen molar-refractivity contribution in [3.63, 3.8) is 0 Å². The van der Waals surface area contributed by atoms with Gasteiger partial charge in [0, 0.05) is 0 Å². The van der Waals surface area contributed by atoms with Crippen molar-refractivity contribution in [2.24, 2.45) is 0 Å². The third kappa shape index (κ3) is 5.61. The molecule has 0 saturated heterocycles. The average Bonchev–Trinajstić information content (AvgIpc) is 3.34. The van der Waals surface area contributed by atoms with Crippen LogP contribution in [0.4, 0.5) is 0 Å². The molecule has 3 heteroatoms. The van der Waals surface area contributed by atoms with Gasteiger partial charge in [0.1, 0.15) is 0 Å². The zero-order valence-corrected chi connectivity index (χ0v) is 23.5. The standard InChI is InChI=1S/C28H33.2ClH.Zr/c1-27(2,3)25-17-15-19(21-9-7-11-23(21)25)13-14-20-16-18-26(28(4,5)6)24-12-8-10-22(20)24;;;/h7-8,11-13,15-18H,9-10,14H2,1-6H3;2*1H;/q-1;;;+2/p-2. The van der Waals surface area contributed by atoms with Crippen molar-refractivity contribution in [3.05, 3.63) is 87.3 Å². The second kappa shape index (κ2) is 10.0. The first-order valence-corrected chi connectivity index (χ1v) is 17.3. The average molecular weight is 532 g/mol. The SMILES string of the molecule is CC(C)(C)c1ccc([CH-]Cc2ccc(C(C)(C)C)c3c2CC=C3)c2c1C=CC2.[Cl][Zr][Cl]. The van der Waals surface area contributed by atoms with Crippen LogP contribution in [-0.2, 0) is 50.9 Å². The van der Waals surface area contributed by atoms with Crippen LogP contribution in [0.1, 0.15) is 86.1 Å². The number of hydrogen-bond acceptors (Lipinski definition) is 0. The van der Waals surface area contributed by atoms with Crippen molar-refractivity contribution < 1.29 is 20.8 Å². The van der Waals surface area contributed by atoms with Crippen molar-refractivity contribution in [2.75, 3.05) is 0 Å². The van der Waals surface area contributed by atoms with Gasteiger partial charge in [-0.3, -0.25) is 0 Å². The molecule has 0 amide bonds. The van der Waals surface area contributed by atoms with Crippen LogP contribution in [0.3, 0.4) is 0 Å². The summed E-state index contributed by atoms with van der Waals surface area (Å²) in [6.45, 7) is 13.9. The number of fused-ring (bicyclic) bond motifs is 2. The molecule has 31 heavy (non-hydrogen) atoms. The van der Waals surface area contributed by atoms with Gasteiger partial charge in [0.15, 0.2) is 0 Å². The molecule has 0 fully saturated rings. The minimum absolute atomic E-state index is 0.187. The van der Waals surface area contributed by atoms with Crippen LogP contribution < -0.4 is 0 Å². The predicted molar refractivity (Wildman–Crippen MR) is 135 cm³/mol. The molecule has 0 atom stereocenters. The van der Waals surface area contributed by atoms with E-state index in [1.165, 1.54) is 44.5 Å². The summed E-state index contributed by atoms with van der Waals surface area (Å²) in [5, 5.41) is 0. The fourth-order valence-electron chi connectivity index (χ4n) is 4.74. The van der Waals surface area contributed by atoms with Gasteiger partial charge >= 0.3 is 37.9 Å². The first-order chi connectivity index (χ1) is 14.6. The quantitative estimate of drug-likeness (QED) is 0.348. The molecule has 0 bridgehead atoms. The summed E-state index contributed by atoms with van der Waals surface area (Å²) in [5.74, 6) is 0. The minimum atomic E-state index is -0.826. The molecule has 0 heterocycles. The Kier molecular flexibility index (Phi) is 8.05. The van der Waals surface area contributed by atoms with Crippen LogP contribution in [0, 0.1) is 6.42 Å². The van der Waals surface area contributed by atoms with E-state index in [0.29, 0.717) is 0 Å². The Labute approximate surface area is 207 Å². The molecule has 2 aromatic carbocycles. The summed E-state index contributed by atoms with van der Waals surface area (Å²) >= 11 is -0.826. The van der Waals surface area contributed by atoms with E-state index in [4.69, 9.17) is 17.0 Å². The Balaban J connectivity index is 0.000000858. The fourth-order valence-corrected chi connectivity index (χ4v) is 4.74. The van der Waals surface area contributed by atoms with Crippen molar-refractivity contribution in [1.29, 1.82) is 0 Å². The van der Waals surface area contributed by atoms with Gasteiger partial charge in [0.05, 0.1) is 0 Å². The van der Waals surface area contributed by atoms with E-state index in [9.17, 15) is 0 Å². The first kappa shape index (κ1) is 24.9. The Morgan fingerprint density at radius 3 is 1.81 bits per heavy atom. The molecule has 0 N–H and O–H groups in total. The molecular formula is C28H33Cl2Zr-. The monoisotopic (exact) mass is 529 g/mol. The Hall–Kier alpha value is -0.747. The van der Waals surface area contributed by atoms with Gasteiger partial charge in [-0.15, -0.1) is 11.6 Å². The van der Waals surface area contributed by atoms with E-state index in [1.807, 2.05) is 0 Å². The molecule has 2 aromatic rings. The van der Waals surface area contributed by atoms with Crippen molar-refractivity contribution in [1.82, 2.24) is 0 Å². The molecule has 2 aliphatic carbocycles. The Morgan fingerprint density at radius 1 is 0.774 bits per heavy atom. The second-order valence-corrected chi connectivity index (χ2v) is 14.2. The van der Waals surface area contributed by atoms with Gasteiger partial charge in [0.25, 0.3) is 0 Å². The molecule has 164 valence electrons. The molecule has 2 aliphatic rings. The molecule has 0 aromatic heterocycles. The van der Waals surface area contributed by atoms with E-state index < -0.39 is 20.8 Å². The zero-order valence-electron chi connectivity index (χ0n) is 19.6. The molecule has 0 nitrogen and oxygen atoms in total. The normalized spacial score (nSPS) is 14.1. The van der Waals surface area contributed by atoms with Crippen molar-refractivity contribution in [2.45, 2.75) is 71.6 Å². The van der Waals surface area contributed by atoms with Gasteiger partial charge < -0.3 is 0 Å². The van der Waals surface area contributed by atoms with Gasteiger partial charge in [-0.2, -0.15) is 18.1 Å². The van der Waals surface area contributed by atoms with Crippen LogP contribution in [0.15, 0.2) is 36.4 Å². The molecular weight excluding hydrogens is 498 g/mol. The van der Waals surface area contributed by atoms with E-state index in [0.717, 1.165) is 19.3 Å². The predicted octanol–water partition coefficient (Wildman–Crippen LogP) is 8.59. The summed E-state index contributed by atoms with van der Waals surface area (Å²) < 4.78 is 0. The van der Waals surface area contributed by atoms with Crippen LogP contribution >= 0.6 is 17.0 Å². The van der Waals surface area contributed by atoms with Gasteiger partial charge in [0.2, 0.25) is 0 Å². The number of halogens is 2. The van der Waals surface area contributed by atoms with Crippen molar-refractivity contribution in [3.8, 4) is 0 Å². The maximum absolute atomic E-state index is 4.93. The van der Waals surface area contributed by atoms with E-state index in [1.54, 1.807) is 0 Å². The molecule has 4 rings (SSSR count). The molecule has 0 spiro atoms. The number of rotatable bonds is 3. The zero-order chi connectivity index (χ0) is 22.8. The summed E-state index contributed by atoms with van der Waals surface area (Å²) in [4.78, 5) is 0. The summed E-state index contributed by atoms with van der Waals surface area (Å²) in [6.07, 6.45) is 14.9. The summed E-state index contributed by atoms with van der Waals surface area (Å²) in [7, 11) is 9.87. The van der Waals surface area contributed by atoms with Crippen LogP contribution in [0.5, 0.6) is 0 Å². The van der Waals surface area contributed by atoms with E-state index >= 15 is 0 Å². The van der Waals surface area contributed by atoms with Crippen LogP contribution in [0.2, 0.25) is 0 Å². The van der Waals surface area contributed by atoms with E-state index in [-0.39, 0.29) is 10.8 Å². The Morgan fingerprint density at radius 2 is 1.26 bits per heavy atom. The first-order valence-electron chi connectivity index (χ1n) is 11.0.